The topological polar surface area (TPSA) is 25.4 Å². The van der Waals surface area contributed by atoms with E-state index < -0.39 is 0 Å². The molecule has 2 heterocycles. The van der Waals surface area contributed by atoms with Crippen molar-refractivity contribution in [2.45, 2.75) is 25.8 Å². The lowest BCUT2D eigenvalue weighted by atomic mass is 10.1. The van der Waals surface area contributed by atoms with Gasteiger partial charge in [-0.15, -0.1) is 0 Å². The Labute approximate surface area is 120 Å². The highest BCUT2D eigenvalue weighted by molar-refractivity contribution is 5.34. The highest BCUT2D eigenvalue weighted by Gasteiger charge is 2.27. The number of likely N-dealkylation sites (tertiary alicyclic amines) is 1. The van der Waals surface area contributed by atoms with E-state index in [1.807, 2.05) is 36.4 Å². The van der Waals surface area contributed by atoms with E-state index in [1.54, 1.807) is 6.20 Å². The molecule has 1 saturated heterocycles. The van der Waals surface area contributed by atoms with Crippen LogP contribution in [-0.4, -0.2) is 23.0 Å². The molecule has 3 heteroatoms. The van der Waals surface area contributed by atoms with Crippen LogP contribution in [0.4, 0.5) is 0 Å². The number of pyridine rings is 1. The molecule has 0 saturated carbocycles. The summed E-state index contributed by atoms with van der Waals surface area (Å²) in [7, 11) is 0. The van der Waals surface area contributed by atoms with Crippen molar-refractivity contribution < 1.29 is 4.74 Å². The molecule has 0 spiro atoms. The molecule has 0 N–H and O–H groups in total. The van der Waals surface area contributed by atoms with Crippen LogP contribution in [-0.2, 0) is 0 Å². The summed E-state index contributed by atoms with van der Waals surface area (Å²) in [6, 6.07) is 14.4. The number of rotatable bonds is 4. The van der Waals surface area contributed by atoms with Gasteiger partial charge in [-0.25, -0.2) is 4.98 Å². The molecule has 1 fully saturated rings. The third kappa shape index (κ3) is 2.68. The van der Waals surface area contributed by atoms with Crippen molar-refractivity contribution in [3.05, 3.63) is 54.2 Å². The third-order valence-electron chi connectivity index (χ3n) is 3.89. The Morgan fingerprint density at radius 1 is 1.20 bits per heavy atom. The van der Waals surface area contributed by atoms with Gasteiger partial charge in [0.2, 0.25) is 5.88 Å². The van der Waals surface area contributed by atoms with E-state index in [9.17, 15) is 0 Å². The quantitative estimate of drug-likeness (QED) is 0.837. The molecule has 1 unspecified atom stereocenters. The Morgan fingerprint density at radius 3 is 2.85 bits per heavy atom. The average Bonchev–Trinajstić information content (AvgIpc) is 2.97. The lowest BCUT2D eigenvalue weighted by molar-refractivity contribution is 0.265. The van der Waals surface area contributed by atoms with Gasteiger partial charge in [0.1, 0.15) is 5.75 Å². The molecule has 104 valence electrons. The first-order chi connectivity index (χ1) is 9.88. The molecule has 1 aliphatic heterocycles. The fourth-order valence-electron chi connectivity index (χ4n) is 2.90. The van der Waals surface area contributed by atoms with E-state index >= 15 is 0 Å². The van der Waals surface area contributed by atoms with Gasteiger partial charge in [-0.1, -0.05) is 31.2 Å². The zero-order chi connectivity index (χ0) is 13.8. The molecule has 1 aliphatic rings. The Morgan fingerprint density at radius 2 is 2.05 bits per heavy atom. The summed E-state index contributed by atoms with van der Waals surface area (Å²) in [5, 5.41) is 0. The van der Waals surface area contributed by atoms with Crippen LogP contribution in [0.5, 0.6) is 11.6 Å². The summed E-state index contributed by atoms with van der Waals surface area (Å²) < 4.78 is 5.98. The second kappa shape index (κ2) is 6.06. The van der Waals surface area contributed by atoms with Crippen molar-refractivity contribution in [2.24, 2.45) is 0 Å². The monoisotopic (exact) mass is 268 g/mol. The predicted molar refractivity (Wildman–Crippen MR) is 80.0 cm³/mol. The molecular formula is C17H20N2O. The van der Waals surface area contributed by atoms with Crippen molar-refractivity contribution in [1.82, 2.24) is 9.88 Å². The van der Waals surface area contributed by atoms with E-state index in [0.717, 1.165) is 18.2 Å². The van der Waals surface area contributed by atoms with E-state index in [1.165, 1.54) is 24.9 Å². The number of ether oxygens (including phenoxy) is 1. The van der Waals surface area contributed by atoms with Crippen molar-refractivity contribution in [2.75, 3.05) is 13.1 Å². The van der Waals surface area contributed by atoms with Gasteiger partial charge in [-0.2, -0.15) is 0 Å². The van der Waals surface area contributed by atoms with Crippen LogP contribution in [0, 0.1) is 0 Å². The number of hydrogen-bond acceptors (Lipinski definition) is 3. The Hall–Kier alpha value is -1.87. The number of para-hydroxylation sites is 1. The van der Waals surface area contributed by atoms with Gasteiger partial charge in [-0.3, -0.25) is 4.90 Å². The molecule has 0 bridgehead atoms. The summed E-state index contributed by atoms with van der Waals surface area (Å²) in [6.07, 6.45) is 4.23. The van der Waals surface area contributed by atoms with E-state index in [4.69, 9.17) is 4.74 Å². The van der Waals surface area contributed by atoms with Crippen LogP contribution < -0.4 is 4.74 Å². The minimum atomic E-state index is 0.437. The van der Waals surface area contributed by atoms with Gasteiger partial charge in [0.15, 0.2) is 0 Å². The number of hydrogen-bond donors (Lipinski definition) is 0. The average molecular weight is 268 g/mol. The second-order valence-electron chi connectivity index (χ2n) is 5.10. The van der Waals surface area contributed by atoms with Gasteiger partial charge < -0.3 is 4.74 Å². The van der Waals surface area contributed by atoms with Gasteiger partial charge in [0, 0.05) is 17.8 Å². The lowest BCUT2D eigenvalue weighted by Gasteiger charge is -2.24. The van der Waals surface area contributed by atoms with Gasteiger partial charge in [0.05, 0.1) is 0 Å². The highest BCUT2D eigenvalue weighted by atomic mass is 16.5. The van der Waals surface area contributed by atoms with Crippen molar-refractivity contribution in [3.8, 4) is 11.6 Å². The smallest absolute Gasteiger partial charge is 0.223 e. The molecular weight excluding hydrogens is 248 g/mol. The summed E-state index contributed by atoms with van der Waals surface area (Å²) in [4.78, 5) is 6.93. The molecule has 1 atom stereocenters. The normalized spacial score (nSPS) is 19.1. The van der Waals surface area contributed by atoms with E-state index in [-0.39, 0.29) is 0 Å². The molecule has 1 aromatic heterocycles. The molecule has 20 heavy (non-hydrogen) atoms. The molecule has 3 nitrogen and oxygen atoms in total. The minimum absolute atomic E-state index is 0.437. The van der Waals surface area contributed by atoms with Crippen LogP contribution in [0.2, 0.25) is 0 Å². The molecule has 0 radical (unpaired) electrons. The van der Waals surface area contributed by atoms with Crippen LogP contribution in [0.1, 0.15) is 31.4 Å². The van der Waals surface area contributed by atoms with Gasteiger partial charge in [-0.05, 0) is 44.1 Å². The predicted octanol–water partition coefficient (Wildman–Crippen LogP) is 4.03. The summed E-state index contributed by atoms with van der Waals surface area (Å²) in [5.74, 6) is 1.58. The number of nitrogens with zero attached hydrogens (tertiary/aromatic N) is 2. The third-order valence-corrected chi connectivity index (χ3v) is 3.89. The zero-order valence-electron chi connectivity index (χ0n) is 11.8. The Balaban J connectivity index is 1.88. The number of benzene rings is 1. The largest absolute Gasteiger partial charge is 0.439 e. The van der Waals surface area contributed by atoms with Crippen molar-refractivity contribution in [3.63, 3.8) is 0 Å². The van der Waals surface area contributed by atoms with Crippen LogP contribution in [0.3, 0.4) is 0 Å². The fraction of sp³-hybridized carbons (Fsp3) is 0.353. The molecule has 0 amide bonds. The summed E-state index contributed by atoms with van der Waals surface area (Å²) in [5.41, 5.74) is 1.20. The van der Waals surface area contributed by atoms with E-state index in [2.05, 4.69) is 22.9 Å². The molecule has 0 aliphatic carbocycles. The first kappa shape index (κ1) is 13.1. The van der Waals surface area contributed by atoms with Crippen LogP contribution in [0.15, 0.2) is 48.7 Å². The first-order valence-corrected chi connectivity index (χ1v) is 7.30. The van der Waals surface area contributed by atoms with Crippen LogP contribution >= 0.6 is 0 Å². The minimum Gasteiger partial charge on any atom is -0.439 e. The lowest BCUT2D eigenvalue weighted by Crippen LogP contribution is -2.23. The Bertz CT molecular complexity index is 556. The van der Waals surface area contributed by atoms with Gasteiger partial charge >= 0.3 is 0 Å². The zero-order valence-corrected chi connectivity index (χ0v) is 11.8. The first-order valence-electron chi connectivity index (χ1n) is 7.30. The van der Waals surface area contributed by atoms with Gasteiger partial charge in [0.25, 0.3) is 0 Å². The second-order valence-corrected chi connectivity index (χ2v) is 5.10. The SMILES string of the molecule is CCN1CCCC1c1cccnc1Oc1ccccc1. The van der Waals surface area contributed by atoms with Crippen molar-refractivity contribution >= 4 is 0 Å². The molecule has 1 aromatic carbocycles. The standard InChI is InChI=1S/C17H20N2O/c1-2-19-13-7-11-16(19)15-10-6-12-18-17(15)20-14-8-4-3-5-9-14/h3-6,8-10,12,16H,2,7,11,13H2,1H3. The van der Waals surface area contributed by atoms with E-state index in [0.29, 0.717) is 6.04 Å². The maximum Gasteiger partial charge on any atom is 0.223 e. The van der Waals surface area contributed by atoms with Crippen molar-refractivity contribution in [1.29, 1.82) is 0 Å². The maximum absolute atomic E-state index is 5.98. The maximum atomic E-state index is 5.98. The number of aromatic nitrogens is 1. The fourth-order valence-corrected chi connectivity index (χ4v) is 2.90. The molecule has 3 rings (SSSR count). The molecule has 2 aromatic rings. The Kier molecular flexibility index (Phi) is 3.97. The summed E-state index contributed by atoms with van der Waals surface area (Å²) >= 11 is 0. The highest BCUT2D eigenvalue weighted by Crippen LogP contribution is 2.36. The van der Waals surface area contributed by atoms with Crippen LogP contribution in [0.25, 0.3) is 0 Å². The summed E-state index contributed by atoms with van der Waals surface area (Å²) in [6.45, 7) is 4.46.